The molecule has 1 fully saturated rings. The molecule has 0 aromatic heterocycles. The Labute approximate surface area is 207 Å². The fourth-order valence-electron chi connectivity index (χ4n) is 2.81. The minimum absolute atomic E-state index is 0.0725. The van der Waals surface area contributed by atoms with Gasteiger partial charge in [0.05, 0.1) is 21.4 Å². The highest BCUT2D eigenvalue weighted by Crippen LogP contribution is 2.35. The molecule has 1 heterocycles. The summed E-state index contributed by atoms with van der Waals surface area (Å²) in [5.41, 5.74) is 0.769. The Hall–Kier alpha value is -2.14. The van der Waals surface area contributed by atoms with Crippen LogP contribution >= 0.6 is 58.0 Å². The van der Waals surface area contributed by atoms with Crippen molar-refractivity contribution in [1.82, 2.24) is 5.32 Å². The molecule has 160 valence electrons. The van der Waals surface area contributed by atoms with Crippen LogP contribution in [0.2, 0.25) is 10.0 Å². The van der Waals surface area contributed by atoms with E-state index < -0.39 is 11.8 Å². The van der Waals surface area contributed by atoms with Crippen LogP contribution < -0.4 is 19.7 Å². The lowest BCUT2D eigenvalue weighted by Gasteiger charge is -2.29. The van der Waals surface area contributed by atoms with Crippen LogP contribution in [0.25, 0.3) is 6.08 Å². The number of hydrogen-bond acceptors (Lipinski definition) is 5. The van der Waals surface area contributed by atoms with Crippen LogP contribution in [0.15, 0.2) is 48.6 Å². The van der Waals surface area contributed by atoms with Crippen LogP contribution in [0.3, 0.4) is 0 Å². The van der Waals surface area contributed by atoms with Gasteiger partial charge in [0.2, 0.25) is 0 Å². The van der Waals surface area contributed by atoms with Gasteiger partial charge >= 0.3 is 0 Å². The van der Waals surface area contributed by atoms with Crippen molar-refractivity contribution in [2.24, 2.45) is 0 Å². The van der Waals surface area contributed by atoms with Gasteiger partial charge in [-0.15, -0.1) is 0 Å². The second kappa shape index (κ2) is 9.99. The van der Waals surface area contributed by atoms with E-state index in [0.717, 1.165) is 8.47 Å². The Bertz CT molecular complexity index is 1140. The van der Waals surface area contributed by atoms with Crippen LogP contribution in [0, 0.1) is 3.57 Å². The molecule has 31 heavy (non-hydrogen) atoms. The molecular weight excluding hydrogens is 574 g/mol. The first-order chi connectivity index (χ1) is 14.8. The molecule has 1 saturated heterocycles. The van der Waals surface area contributed by atoms with Gasteiger partial charge in [0.1, 0.15) is 12.2 Å². The van der Waals surface area contributed by atoms with Crippen LogP contribution in [0.1, 0.15) is 5.56 Å². The lowest BCUT2D eigenvalue weighted by atomic mass is 10.1. The third-order valence-corrected chi connectivity index (χ3v) is 5.78. The van der Waals surface area contributed by atoms with Crippen molar-refractivity contribution in [3.8, 4) is 11.5 Å². The van der Waals surface area contributed by atoms with Gasteiger partial charge in [0.25, 0.3) is 11.8 Å². The summed E-state index contributed by atoms with van der Waals surface area (Å²) >= 11 is 19.5. The summed E-state index contributed by atoms with van der Waals surface area (Å²) in [7, 11) is 1.50. The molecule has 2 aromatic rings. The number of benzene rings is 2. The molecular formula is C21H15Cl2IN2O4S. The number of anilines is 1. The number of carbonyl (C=O) groups excluding carboxylic acids is 2. The van der Waals surface area contributed by atoms with Crippen LogP contribution in [0.5, 0.6) is 11.5 Å². The normalized spacial score (nSPS) is 15.2. The summed E-state index contributed by atoms with van der Waals surface area (Å²) in [6.45, 7) is 3.94. The number of hydrogen-bond donors (Lipinski definition) is 1. The molecule has 0 atom stereocenters. The quantitative estimate of drug-likeness (QED) is 0.169. The maximum Gasteiger partial charge on any atom is 0.270 e. The molecule has 0 saturated carbocycles. The van der Waals surface area contributed by atoms with Gasteiger partial charge in [-0.25, -0.2) is 0 Å². The highest BCUT2D eigenvalue weighted by atomic mass is 127. The Morgan fingerprint density at radius 1 is 1.26 bits per heavy atom. The van der Waals surface area contributed by atoms with E-state index in [-0.39, 0.29) is 15.7 Å². The fourth-order valence-corrected chi connectivity index (χ4v) is 4.36. The summed E-state index contributed by atoms with van der Waals surface area (Å²) < 4.78 is 11.8. The lowest BCUT2D eigenvalue weighted by Crippen LogP contribution is -2.54. The Balaban J connectivity index is 2.04. The smallest absolute Gasteiger partial charge is 0.270 e. The Morgan fingerprint density at radius 2 is 2.00 bits per heavy atom. The van der Waals surface area contributed by atoms with Crippen molar-refractivity contribution in [3.63, 3.8) is 0 Å². The van der Waals surface area contributed by atoms with Crippen LogP contribution in [-0.4, -0.2) is 30.6 Å². The minimum atomic E-state index is -0.614. The fraction of sp³-hybridized carbons (Fsp3) is 0.0952. The Kier molecular flexibility index (Phi) is 7.58. The second-order valence-electron chi connectivity index (χ2n) is 6.19. The molecule has 0 aliphatic carbocycles. The molecule has 1 N–H and O–H groups in total. The number of carbonyl (C=O) groups is 2. The summed E-state index contributed by atoms with van der Waals surface area (Å²) in [5.74, 6) is -0.228. The van der Waals surface area contributed by atoms with Gasteiger partial charge in [-0.1, -0.05) is 35.9 Å². The number of ether oxygens (including phenoxy) is 2. The van der Waals surface area contributed by atoms with Crippen molar-refractivity contribution in [3.05, 3.63) is 67.7 Å². The van der Waals surface area contributed by atoms with E-state index in [4.69, 9.17) is 44.9 Å². The lowest BCUT2D eigenvalue weighted by molar-refractivity contribution is -0.122. The van der Waals surface area contributed by atoms with E-state index in [0.29, 0.717) is 34.4 Å². The number of rotatable bonds is 6. The molecule has 1 aliphatic heterocycles. The molecule has 0 spiro atoms. The molecule has 0 bridgehead atoms. The van der Waals surface area contributed by atoms with Crippen LogP contribution in [0.4, 0.5) is 5.69 Å². The SMILES string of the molecule is C=CCOc1c(I)cc(C=C2C(=O)NC(=S)N(c3ccc(Cl)cc3Cl)C2=O)cc1OC. The average molecular weight is 589 g/mol. The molecule has 0 radical (unpaired) electrons. The molecule has 0 unspecified atom stereocenters. The van der Waals surface area contributed by atoms with Gasteiger partial charge in [-0.05, 0) is 76.8 Å². The molecule has 10 heteroatoms. The van der Waals surface area contributed by atoms with Gasteiger partial charge in [0.15, 0.2) is 16.6 Å². The molecule has 3 rings (SSSR count). The summed E-state index contributed by atoms with van der Waals surface area (Å²) in [4.78, 5) is 26.9. The van der Waals surface area contributed by atoms with E-state index in [2.05, 4.69) is 34.5 Å². The zero-order chi connectivity index (χ0) is 22.7. The largest absolute Gasteiger partial charge is 0.493 e. The van der Waals surface area contributed by atoms with Gasteiger partial charge in [0, 0.05) is 5.02 Å². The monoisotopic (exact) mass is 588 g/mol. The number of methoxy groups -OCH3 is 1. The Morgan fingerprint density at radius 3 is 2.65 bits per heavy atom. The molecule has 2 amide bonds. The van der Waals surface area contributed by atoms with E-state index in [1.54, 1.807) is 30.3 Å². The minimum Gasteiger partial charge on any atom is -0.493 e. The van der Waals surface area contributed by atoms with Gasteiger partial charge < -0.3 is 9.47 Å². The van der Waals surface area contributed by atoms with Crippen molar-refractivity contribution < 1.29 is 19.1 Å². The highest BCUT2D eigenvalue weighted by molar-refractivity contribution is 14.1. The maximum absolute atomic E-state index is 13.2. The topological polar surface area (TPSA) is 67.9 Å². The van der Waals surface area contributed by atoms with E-state index in [9.17, 15) is 9.59 Å². The second-order valence-corrected chi connectivity index (χ2v) is 8.58. The first kappa shape index (κ1) is 23.5. The zero-order valence-electron chi connectivity index (χ0n) is 16.1. The van der Waals surface area contributed by atoms with Crippen molar-refractivity contribution in [1.29, 1.82) is 0 Å². The zero-order valence-corrected chi connectivity index (χ0v) is 20.6. The van der Waals surface area contributed by atoms with Crippen LogP contribution in [-0.2, 0) is 9.59 Å². The third kappa shape index (κ3) is 5.03. The number of amides is 2. The predicted molar refractivity (Wildman–Crippen MR) is 134 cm³/mol. The number of nitrogens with one attached hydrogen (secondary N) is 1. The average Bonchev–Trinajstić information content (AvgIpc) is 2.71. The van der Waals surface area contributed by atoms with Crippen molar-refractivity contribution >= 4 is 86.7 Å². The number of thiocarbonyl (C=S) groups is 1. The molecule has 6 nitrogen and oxygen atoms in total. The maximum atomic E-state index is 13.2. The summed E-state index contributed by atoms with van der Waals surface area (Å²) in [5, 5.41) is 3.08. The first-order valence-corrected chi connectivity index (χ1v) is 11.0. The predicted octanol–water partition coefficient (Wildman–Crippen LogP) is 5.00. The third-order valence-electron chi connectivity index (χ3n) is 4.16. The van der Waals surface area contributed by atoms with E-state index >= 15 is 0 Å². The van der Waals surface area contributed by atoms with Crippen molar-refractivity contribution in [2.75, 3.05) is 18.6 Å². The standard InChI is InChI=1S/C21H15Cl2IN2O4S/c1-3-6-30-18-15(24)8-11(9-17(18)29-2)7-13-19(27)25-21(31)26(20(13)28)16-5-4-12(22)10-14(16)23/h3-5,7-10H,1,6H2,2H3,(H,25,27,31). The van der Waals surface area contributed by atoms with E-state index in [1.165, 1.54) is 19.3 Å². The number of halogens is 3. The van der Waals surface area contributed by atoms with Gasteiger partial charge in [-0.3, -0.25) is 19.8 Å². The molecule has 1 aliphatic rings. The first-order valence-electron chi connectivity index (χ1n) is 8.74. The highest BCUT2D eigenvalue weighted by Gasteiger charge is 2.35. The van der Waals surface area contributed by atoms with Crippen molar-refractivity contribution in [2.45, 2.75) is 0 Å². The number of nitrogens with zero attached hydrogens (tertiary/aromatic N) is 1. The van der Waals surface area contributed by atoms with Gasteiger partial charge in [-0.2, -0.15) is 0 Å². The van der Waals surface area contributed by atoms with E-state index in [1.807, 2.05) is 0 Å². The summed E-state index contributed by atoms with van der Waals surface area (Å²) in [6.07, 6.45) is 3.08. The molecule has 2 aromatic carbocycles. The summed E-state index contributed by atoms with van der Waals surface area (Å²) in [6, 6.07) is 8.06.